The summed E-state index contributed by atoms with van der Waals surface area (Å²) < 4.78 is 24.2. The van der Waals surface area contributed by atoms with Crippen LogP contribution in [0.4, 0.5) is 0 Å². The van der Waals surface area contributed by atoms with E-state index in [1.165, 1.54) is 6.08 Å². The number of fused-ring (bicyclic) bond motifs is 1. The highest BCUT2D eigenvalue weighted by molar-refractivity contribution is 7.89. The van der Waals surface area contributed by atoms with Crippen LogP contribution in [-0.4, -0.2) is 35.9 Å². The number of aromatic nitrogens is 1. The second kappa shape index (κ2) is 5.29. The van der Waals surface area contributed by atoms with Crippen LogP contribution in [0.3, 0.4) is 0 Å². The first-order valence-corrected chi connectivity index (χ1v) is 8.25. The highest BCUT2D eigenvalue weighted by atomic mass is 32.2. The van der Waals surface area contributed by atoms with E-state index in [-0.39, 0.29) is 12.3 Å². The first kappa shape index (κ1) is 13.8. The summed E-state index contributed by atoms with van der Waals surface area (Å²) in [6.45, 7) is 0.261. The van der Waals surface area contributed by atoms with Crippen molar-refractivity contribution in [3.05, 3.63) is 48.2 Å². The molecule has 0 atom stereocenters. The molecule has 0 spiro atoms. The molecule has 5 nitrogen and oxygen atoms in total. The van der Waals surface area contributed by atoms with Gasteiger partial charge in [-0.15, -0.1) is 0 Å². The van der Waals surface area contributed by atoms with Gasteiger partial charge in [-0.1, -0.05) is 24.3 Å². The molecule has 108 valence electrons. The molecule has 0 N–H and O–H groups in total. The van der Waals surface area contributed by atoms with Gasteiger partial charge in [0.15, 0.2) is 0 Å². The topological polar surface area (TPSA) is 67.3 Å². The lowest BCUT2D eigenvalue weighted by Gasteiger charge is -2.11. The van der Waals surface area contributed by atoms with Crippen LogP contribution >= 0.6 is 0 Å². The van der Waals surface area contributed by atoms with Gasteiger partial charge in [0.1, 0.15) is 0 Å². The second-order valence-electron chi connectivity index (χ2n) is 4.84. The molecule has 3 rings (SSSR count). The van der Waals surface area contributed by atoms with Crippen LogP contribution < -0.4 is 0 Å². The van der Waals surface area contributed by atoms with E-state index in [4.69, 9.17) is 0 Å². The Morgan fingerprint density at radius 2 is 2.00 bits per heavy atom. The normalized spacial score (nSPS) is 17.6. The average Bonchev–Trinajstić information content (AvgIpc) is 2.84. The van der Waals surface area contributed by atoms with E-state index >= 15 is 0 Å². The molecule has 1 aromatic heterocycles. The molecular weight excluding hydrogens is 288 g/mol. The molecular formula is C15H14N2O3S. The fourth-order valence-electron chi connectivity index (χ4n) is 2.30. The Balaban J connectivity index is 1.83. The molecule has 1 fully saturated rings. The van der Waals surface area contributed by atoms with Gasteiger partial charge < -0.3 is 0 Å². The zero-order valence-corrected chi connectivity index (χ0v) is 12.1. The molecule has 1 aromatic carbocycles. The Labute approximate surface area is 123 Å². The minimum atomic E-state index is -3.41. The van der Waals surface area contributed by atoms with Crippen LogP contribution in [0.1, 0.15) is 12.1 Å². The Morgan fingerprint density at radius 1 is 1.19 bits per heavy atom. The van der Waals surface area contributed by atoms with Crippen molar-refractivity contribution in [2.24, 2.45) is 0 Å². The standard InChI is InChI=1S/C15H14N2O3S/c18-15(17-10-3-11-21(17,19)20)9-8-13-7-6-12-4-1-2-5-14(12)16-13/h1-2,4-9H,3,10-11H2/b9-8+. The van der Waals surface area contributed by atoms with Crippen molar-refractivity contribution in [1.29, 1.82) is 0 Å². The molecule has 6 heteroatoms. The van der Waals surface area contributed by atoms with Gasteiger partial charge in [-0.25, -0.2) is 17.7 Å². The molecule has 2 heterocycles. The van der Waals surface area contributed by atoms with Crippen LogP contribution in [0.15, 0.2) is 42.5 Å². The van der Waals surface area contributed by atoms with Crippen molar-refractivity contribution < 1.29 is 13.2 Å². The van der Waals surface area contributed by atoms with Crippen molar-refractivity contribution in [3.63, 3.8) is 0 Å². The van der Waals surface area contributed by atoms with Crippen LogP contribution in [0.2, 0.25) is 0 Å². The number of sulfonamides is 1. The highest BCUT2D eigenvalue weighted by Gasteiger charge is 2.30. The van der Waals surface area contributed by atoms with E-state index in [2.05, 4.69) is 4.98 Å². The molecule has 1 amide bonds. The summed E-state index contributed by atoms with van der Waals surface area (Å²) in [6, 6.07) is 11.4. The third kappa shape index (κ3) is 2.80. The minimum Gasteiger partial charge on any atom is -0.269 e. The van der Waals surface area contributed by atoms with Crippen molar-refractivity contribution in [2.45, 2.75) is 6.42 Å². The Hall–Kier alpha value is -2.21. The van der Waals surface area contributed by atoms with E-state index in [0.717, 1.165) is 15.2 Å². The highest BCUT2D eigenvalue weighted by Crippen LogP contribution is 2.15. The summed E-state index contributed by atoms with van der Waals surface area (Å²) >= 11 is 0. The fraction of sp³-hybridized carbons (Fsp3) is 0.200. The van der Waals surface area contributed by atoms with Gasteiger partial charge in [0.05, 0.1) is 17.0 Å². The third-order valence-electron chi connectivity index (χ3n) is 3.36. The SMILES string of the molecule is O=C(/C=C/c1ccc2ccccc2n1)N1CCCS1(=O)=O. The number of benzene rings is 1. The van der Waals surface area contributed by atoms with Crippen molar-refractivity contribution in [3.8, 4) is 0 Å². The lowest BCUT2D eigenvalue weighted by atomic mass is 10.2. The maximum absolute atomic E-state index is 11.9. The Kier molecular flexibility index (Phi) is 3.47. The van der Waals surface area contributed by atoms with Crippen LogP contribution in [-0.2, 0) is 14.8 Å². The second-order valence-corrected chi connectivity index (χ2v) is 6.85. The Morgan fingerprint density at radius 3 is 2.76 bits per heavy atom. The smallest absolute Gasteiger partial charge is 0.260 e. The van der Waals surface area contributed by atoms with Crippen molar-refractivity contribution in [2.75, 3.05) is 12.3 Å². The van der Waals surface area contributed by atoms with Gasteiger partial charge in [-0.05, 0) is 24.6 Å². The molecule has 2 aromatic rings. The summed E-state index contributed by atoms with van der Waals surface area (Å²) in [5, 5.41) is 1.02. The summed E-state index contributed by atoms with van der Waals surface area (Å²) in [4.78, 5) is 16.3. The molecule has 21 heavy (non-hydrogen) atoms. The number of hydrogen-bond donors (Lipinski definition) is 0. The molecule has 0 aliphatic carbocycles. The molecule has 0 radical (unpaired) electrons. The number of hydrogen-bond acceptors (Lipinski definition) is 4. The van der Waals surface area contributed by atoms with Crippen LogP contribution in [0.5, 0.6) is 0 Å². The Bertz CT molecular complexity index is 828. The van der Waals surface area contributed by atoms with Gasteiger partial charge >= 0.3 is 0 Å². The van der Waals surface area contributed by atoms with Crippen molar-refractivity contribution in [1.82, 2.24) is 9.29 Å². The van der Waals surface area contributed by atoms with Crippen LogP contribution in [0, 0.1) is 0 Å². The monoisotopic (exact) mass is 302 g/mol. The predicted molar refractivity (Wildman–Crippen MR) is 80.9 cm³/mol. The molecule has 0 unspecified atom stereocenters. The number of para-hydroxylation sites is 1. The summed E-state index contributed by atoms with van der Waals surface area (Å²) in [7, 11) is -3.41. The number of rotatable bonds is 2. The van der Waals surface area contributed by atoms with Crippen LogP contribution in [0.25, 0.3) is 17.0 Å². The third-order valence-corrected chi connectivity index (χ3v) is 5.20. The first-order chi connectivity index (χ1) is 10.1. The molecule has 1 saturated heterocycles. The van der Waals surface area contributed by atoms with Gasteiger partial charge in [0, 0.05) is 18.0 Å². The predicted octanol–water partition coefficient (Wildman–Crippen LogP) is 1.81. The largest absolute Gasteiger partial charge is 0.269 e. The van der Waals surface area contributed by atoms with Gasteiger partial charge in [0.2, 0.25) is 10.0 Å². The number of nitrogens with zero attached hydrogens (tertiary/aromatic N) is 2. The van der Waals surface area contributed by atoms with E-state index in [0.29, 0.717) is 12.1 Å². The maximum Gasteiger partial charge on any atom is 0.260 e. The van der Waals surface area contributed by atoms with E-state index in [1.54, 1.807) is 12.1 Å². The molecule has 1 aliphatic rings. The summed E-state index contributed by atoms with van der Waals surface area (Å²) in [5.41, 5.74) is 1.46. The number of amides is 1. The lowest BCUT2D eigenvalue weighted by Crippen LogP contribution is -2.30. The number of carbonyl (C=O) groups is 1. The quantitative estimate of drug-likeness (QED) is 0.794. The van der Waals surface area contributed by atoms with Gasteiger partial charge in [-0.3, -0.25) is 4.79 Å². The number of carbonyl (C=O) groups excluding carboxylic acids is 1. The van der Waals surface area contributed by atoms with E-state index < -0.39 is 15.9 Å². The van der Waals surface area contributed by atoms with E-state index in [1.807, 2.05) is 30.3 Å². The van der Waals surface area contributed by atoms with E-state index in [9.17, 15) is 13.2 Å². The number of pyridine rings is 1. The molecule has 0 bridgehead atoms. The summed E-state index contributed by atoms with van der Waals surface area (Å²) in [6.07, 6.45) is 3.30. The molecule has 0 saturated carbocycles. The lowest BCUT2D eigenvalue weighted by molar-refractivity contribution is -0.121. The zero-order chi connectivity index (χ0) is 14.9. The molecule has 1 aliphatic heterocycles. The van der Waals surface area contributed by atoms with Gasteiger partial charge in [0.25, 0.3) is 5.91 Å². The summed E-state index contributed by atoms with van der Waals surface area (Å²) in [5.74, 6) is -0.469. The fourth-order valence-corrected chi connectivity index (χ4v) is 3.76. The van der Waals surface area contributed by atoms with Crippen molar-refractivity contribution >= 4 is 32.9 Å². The minimum absolute atomic E-state index is 0.0425. The zero-order valence-electron chi connectivity index (χ0n) is 11.3. The first-order valence-electron chi connectivity index (χ1n) is 6.64. The average molecular weight is 302 g/mol. The van der Waals surface area contributed by atoms with Gasteiger partial charge in [-0.2, -0.15) is 0 Å². The maximum atomic E-state index is 11.9.